The monoisotopic (exact) mass is 210 g/mol. The third-order valence-corrected chi connectivity index (χ3v) is 3.57. The minimum atomic E-state index is 0.293. The Bertz CT molecular complexity index is 222. The molecule has 0 spiro atoms. The number of amides is 2. The van der Waals surface area contributed by atoms with Crippen molar-refractivity contribution in [2.45, 2.75) is 39.0 Å². The van der Waals surface area contributed by atoms with Crippen LogP contribution in [0.1, 0.15) is 39.0 Å². The molecule has 2 aliphatic heterocycles. The van der Waals surface area contributed by atoms with Gasteiger partial charge in [-0.3, -0.25) is 0 Å². The molecular formula is C12H22N2O. The van der Waals surface area contributed by atoms with E-state index in [-0.39, 0.29) is 0 Å². The molecule has 0 aromatic heterocycles. The Morgan fingerprint density at radius 1 is 1.00 bits per heavy atom. The first kappa shape index (κ1) is 10.8. The second-order valence-electron chi connectivity index (χ2n) is 5.02. The lowest BCUT2D eigenvalue weighted by atomic mass is 10.2. The van der Waals surface area contributed by atoms with Gasteiger partial charge in [-0.05, 0) is 25.2 Å². The van der Waals surface area contributed by atoms with Gasteiger partial charge < -0.3 is 9.80 Å². The Kier molecular flexibility index (Phi) is 3.49. The number of likely N-dealkylation sites (tertiary alicyclic amines) is 2. The smallest absolute Gasteiger partial charge is 0.320 e. The summed E-state index contributed by atoms with van der Waals surface area (Å²) in [6.45, 7) is 6.12. The summed E-state index contributed by atoms with van der Waals surface area (Å²) in [7, 11) is 0. The van der Waals surface area contributed by atoms with E-state index in [1.807, 2.05) is 4.90 Å². The summed E-state index contributed by atoms with van der Waals surface area (Å²) in [5, 5.41) is 0. The molecule has 1 unspecified atom stereocenters. The fraction of sp³-hybridized carbons (Fsp3) is 0.917. The lowest BCUT2D eigenvalue weighted by Gasteiger charge is -2.26. The molecule has 0 aliphatic carbocycles. The van der Waals surface area contributed by atoms with Crippen molar-refractivity contribution in [3.05, 3.63) is 0 Å². The molecule has 2 fully saturated rings. The Balaban J connectivity index is 1.88. The number of carbonyl (C=O) groups is 1. The molecule has 2 aliphatic rings. The van der Waals surface area contributed by atoms with Crippen LogP contribution in [0.4, 0.5) is 4.79 Å². The highest BCUT2D eigenvalue weighted by Crippen LogP contribution is 2.18. The maximum atomic E-state index is 12.2. The van der Waals surface area contributed by atoms with Crippen LogP contribution in [0.3, 0.4) is 0 Å². The zero-order chi connectivity index (χ0) is 10.7. The molecular weight excluding hydrogens is 188 g/mol. The lowest BCUT2D eigenvalue weighted by molar-refractivity contribution is 0.163. The average molecular weight is 210 g/mol. The van der Waals surface area contributed by atoms with Gasteiger partial charge in [-0.15, -0.1) is 0 Å². The van der Waals surface area contributed by atoms with E-state index in [4.69, 9.17) is 0 Å². The highest BCUT2D eigenvalue weighted by atomic mass is 16.2. The third-order valence-electron chi connectivity index (χ3n) is 3.57. The minimum absolute atomic E-state index is 0.293. The van der Waals surface area contributed by atoms with Crippen molar-refractivity contribution in [3.63, 3.8) is 0 Å². The molecule has 0 aromatic rings. The van der Waals surface area contributed by atoms with E-state index in [0.29, 0.717) is 11.9 Å². The zero-order valence-electron chi connectivity index (χ0n) is 9.74. The normalized spacial score (nSPS) is 27.9. The van der Waals surface area contributed by atoms with Gasteiger partial charge in [0.15, 0.2) is 0 Å². The molecule has 0 radical (unpaired) electrons. The predicted molar refractivity (Wildman–Crippen MR) is 60.8 cm³/mol. The molecule has 1 atom stereocenters. The maximum Gasteiger partial charge on any atom is 0.320 e. The Labute approximate surface area is 92.4 Å². The topological polar surface area (TPSA) is 23.6 Å². The highest BCUT2D eigenvalue weighted by molar-refractivity contribution is 5.74. The van der Waals surface area contributed by atoms with E-state index >= 15 is 0 Å². The SMILES string of the molecule is CC1CCN(C(=O)N2CCCCCC2)C1. The summed E-state index contributed by atoms with van der Waals surface area (Å²) in [5.41, 5.74) is 0. The van der Waals surface area contributed by atoms with Gasteiger partial charge in [-0.1, -0.05) is 19.8 Å². The van der Waals surface area contributed by atoms with E-state index in [1.165, 1.54) is 32.1 Å². The van der Waals surface area contributed by atoms with Crippen LogP contribution in [0.25, 0.3) is 0 Å². The lowest BCUT2D eigenvalue weighted by Crippen LogP contribution is -2.42. The van der Waals surface area contributed by atoms with Crippen LogP contribution in [-0.2, 0) is 0 Å². The maximum absolute atomic E-state index is 12.2. The van der Waals surface area contributed by atoms with Crippen molar-refractivity contribution >= 4 is 6.03 Å². The van der Waals surface area contributed by atoms with Crippen molar-refractivity contribution in [2.75, 3.05) is 26.2 Å². The predicted octanol–water partition coefficient (Wildman–Crippen LogP) is 2.32. The van der Waals surface area contributed by atoms with Crippen molar-refractivity contribution < 1.29 is 4.79 Å². The quantitative estimate of drug-likeness (QED) is 0.602. The van der Waals surface area contributed by atoms with Crippen LogP contribution in [-0.4, -0.2) is 42.0 Å². The van der Waals surface area contributed by atoms with Gasteiger partial charge in [0.2, 0.25) is 0 Å². The Morgan fingerprint density at radius 2 is 1.67 bits per heavy atom. The Hall–Kier alpha value is -0.730. The summed E-state index contributed by atoms with van der Waals surface area (Å²) in [5.74, 6) is 0.695. The van der Waals surface area contributed by atoms with Crippen molar-refractivity contribution in [2.24, 2.45) is 5.92 Å². The number of rotatable bonds is 0. The van der Waals surface area contributed by atoms with E-state index in [0.717, 1.165) is 26.2 Å². The summed E-state index contributed by atoms with van der Waals surface area (Å²) in [6, 6.07) is 0.293. The molecule has 0 saturated carbocycles. The minimum Gasteiger partial charge on any atom is -0.325 e. The number of carbonyl (C=O) groups excluding carboxylic acids is 1. The molecule has 3 heteroatoms. The first-order valence-corrected chi connectivity index (χ1v) is 6.31. The molecule has 0 aromatic carbocycles. The molecule has 3 nitrogen and oxygen atoms in total. The van der Waals surface area contributed by atoms with Gasteiger partial charge in [0.1, 0.15) is 0 Å². The summed E-state index contributed by atoms with van der Waals surface area (Å²) in [6.07, 6.45) is 6.14. The Morgan fingerprint density at radius 3 is 2.20 bits per heavy atom. The van der Waals surface area contributed by atoms with E-state index in [9.17, 15) is 4.79 Å². The molecule has 2 amide bonds. The molecule has 0 bridgehead atoms. The van der Waals surface area contributed by atoms with E-state index in [1.54, 1.807) is 0 Å². The molecule has 86 valence electrons. The molecule has 2 rings (SSSR count). The van der Waals surface area contributed by atoms with Crippen molar-refractivity contribution in [1.82, 2.24) is 9.80 Å². The standard InChI is InChI=1S/C12H22N2O/c1-11-6-9-14(10-11)12(15)13-7-4-2-3-5-8-13/h11H,2-10H2,1H3. The third kappa shape index (κ3) is 2.64. The first-order chi connectivity index (χ1) is 7.27. The molecule has 2 heterocycles. The van der Waals surface area contributed by atoms with Crippen molar-refractivity contribution in [1.29, 1.82) is 0 Å². The molecule has 2 saturated heterocycles. The van der Waals surface area contributed by atoms with Crippen LogP contribution in [0.2, 0.25) is 0 Å². The number of hydrogen-bond donors (Lipinski definition) is 0. The van der Waals surface area contributed by atoms with E-state index < -0.39 is 0 Å². The van der Waals surface area contributed by atoms with Gasteiger partial charge >= 0.3 is 6.03 Å². The second kappa shape index (κ2) is 4.86. The fourth-order valence-corrected chi connectivity index (χ4v) is 2.57. The summed E-state index contributed by atoms with van der Waals surface area (Å²) < 4.78 is 0. The van der Waals surface area contributed by atoms with Crippen LogP contribution >= 0.6 is 0 Å². The fourth-order valence-electron chi connectivity index (χ4n) is 2.57. The van der Waals surface area contributed by atoms with Crippen LogP contribution in [0.5, 0.6) is 0 Å². The van der Waals surface area contributed by atoms with Crippen LogP contribution in [0, 0.1) is 5.92 Å². The van der Waals surface area contributed by atoms with Gasteiger partial charge in [-0.25, -0.2) is 4.79 Å². The van der Waals surface area contributed by atoms with Gasteiger partial charge in [0, 0.05) is 26.2 Å². The van der Waals surface area contributed by atoms with Crippen molar-refractivity contribution in [3.8, 4) is 0 Å². The number of urea groups is 1. The van der Waals surface area contributed by atoms with E-state index in [2.05, 4.69) is 11.8 Å². The number of nitrogens with zero attached hydrogens (tertiary/aromatic N) is 2. The highest BCUT2D eigenvalue weighted by Gasteiger charge is 2.27. The van der Waals surface area contributed by atoms with Crippen LogP contribution in [0.15, 0.2) is 0 Å². The summed E-state index contributed by atoms with van der Waals surface area (Å²) >= 11 is 0. The van der Waals surface area contributed by atoms with Gasteiger partial charge in [-0.2, -0.15) is 0 Å². The van der Waals surface area contributed by atoms with Crippen LogP contribution < -0.4 is 0 Å². The number of hydrogen-bond acceptors (Lipinski definition) is 1. The zero-order valence-corrected chi connectivity index (χ0v) is 9.74. The largest absolute Gasteiger partial charge is 0.325 e. The molecule has 15 heavy (non-hydrogen) atoms. The van der Waals surface area contributed by atoms with Gasteiger partial charge in [0.25, 0.3) is 0 Å². The first-order valence-electron chi connectivity index (χ1n) is 6.31. The summed E-state index contributed by atoms with van der Waals surface area (Å²) in [4.78, 5) is 16.2. The second-order valence-corrected chi connectivity index (χ2v) is 5.02. The van der Waals surface area contributed by atoms with Gasteiger partial charge in [0.05, 0.1) is 0 Å². The molecule has 0 N–H and O–H groups in total. The average Bonchev–Trinajstić information content (AvgIpc) is 2.53.